The molecule has 0 unspecified atom stereocenters. The number of carbonyl (C=O) groups excluding carboxylic acids is 1. The van der Waals surface area contributed by atoms with Crippen LogP contribution in [0.1, 0.15) is 10.4 Å². The lowest BCUT2D eigenvalue weighted by molar-refractivity contribution is 0.0952. The van der Waals surface area contributed by atoms with E-state index in [0.717, 1.165) is 15.9 Å². The first-order chi connectivity index (χ1) is 11.6. The van der Waals surface area contributed by atoms with Gasteiger partial charge >= 0.3 is 0 Å². The Morgan fingerprint density at radius 1 is 1.21 bits per heavy atom. The maximum Gasteiger partial charge on any atom is 0.252 e. The Morgan fingerprint density at radius 3 is 2.88 bits per heavy atom. The van der Waals surface area contributed by atoms with Crippen molar-refractivity contribution in [3.8, 4) is 11.4 Å². The van der Waals surface area contributed by atoms with Gasteiger partial charge in [0.2, 0.25) is 0 Å². The third kappa shape index (κ3) is 4.01. The molecule has 0 bridgehead atoms. The number of nitrogens with one attached hydrogen (secondary N) is 1. The van der Waals surface area contributed by atoms with Crippen molar-refractivity contribution < 1.29 is 4.79 Å². The Kier molecular flexibility index (Phi) is 5.27. The largest absolute Gasteiger partial charge is 0.350 e. The van der Waals surface area contributed by atoms with Gasteiger partial charge in [0.15, 0.2) is 0 Å². The van der Waals surface area contributed by atoms with Crippen molar-refractivity contribution in [1.82, 2.24) is 20.1 Å². The average Bonchev–Trinajstić information content (AvgIpc) is 3.06. The van der Waals surface area contributed by atoms with Crippen molar-refractivity contribution in [3.63, 3.8) is 0 Å². The number of halogens is 2. The number of carbonyl (C=O) groups is 1. The molecule has 0 saturated heterocycles. The van der Waals surface area contributed by atoms with Gasteiger partial charge in [-0.25, -0.2) is 0 Å². The lowest BCUT2D eigenvalue weighted by Gasteiger charge is -2.07. The normalized spacial score (nSPS) is 10.6. The van der Waals surface area contributed by atoms with Crippen LogP contribution < -0.4 is 5.32 Å². The first-order valence-electron chi connectivity index (χ1n) is 7.31. The summed E-state index contributed by atoms with van der Waals surface area (Å²) in [6.07, 6.45) is 3.60. The van der Waals surface area contributed by atoms with Gasteiger partial charge in [0, 0.05) is 23.4 Å². The monoisotopic (exact) mass is 404 g/mol. The summed E-state index contributed by atoms with van der Waals surface area (Å²) in [5.41, 5.74) is 2.07. The third-order valence-corrected chi connectivity index (χ3v) is 4.19. The van der Waals surface area contributed by atoms with Crippen LogP contribution >= 0.6 is 27.5 Å². The van der Waals surface area contributed by atoms with Gasteiger partial charge in [-0.2, -0.15) is 5.10 Å². The minimum absolute atomic E-state index is 0.210. The molecule has 3 rings (SSSR count). The number of amides is 1. The highest BCUT2D eigenvalue weighted by atomic mass is 79.9. The van der Waals surface area contributed by atoms with Gasteiger partial charge < -0.3 is 5.32 Å². The Balaban J connectivity index is 1.58. The lowest BCUT2D eigenvalue weighted by atomic mass is 10.2. The third-order valence-electron chi connectivity index (χ3n) is 3.37. The molecule has 1 aromatic carbocycles. The van der Waals surface area contributed by atoms with E-state index in [1.165, 1.54) is 0 Å². The number of pyridine rings is 1. The van der Waals surface area contributed by atoms with Crippen LogP contribution in [-0.2, 0) is 6.54 Å². The van der Waals surface area contributed by atoms with E-state index in [1.807, 2.05) is 30.5 Å². The van der Waals surface area contributed by atoms with Crippen LogP contribution in [0.2, 0.25) is 5.02 Å². The molecule has 3 aromatic rings. The van der Waals surface area contributed by atoms with Gasteiger partial charge in [-0.3, -0.25) is 14.5 Å². The van der Waals surface area contributed by atoms with E-state index in [2.05, 4.69) is 31.3 Å². The van der Waals surface area contributed by atoms with Crippen LogP contribution in [-0.4, -0.2) is 27.2 Å². The predicted molar refractivity (Wildman–Crippen MR) is 96.9 cm³/mol. The SMILES string of the molecule is O=C(NCCn1ccc(-c2ccccn2)n1)c1cc(Br)ccc1Cl. The van der Waals surface area contributed by atoms with Gasteiger partial charge in [-0.15, -0.1) is 0 Å². The Hall–Kier alpha value is -2.18. The van der Waals surface area contributed by atoms with Crippen molar-refractivity contribution in [2.24, 2.45) is 0 Å². The first-order valence-corrected chi connectivity index (χ1v) is 8.49. The molecule has 0 aliphatic heterocycles. The second-order valence-electron chi connectivity index (χ2n) is 5.06. The van der Waals surface area contributed by atoms with E-state index in [1.54, 1.807) is 29.1 Å². The summed E-state index contributed by atoms with van der Waals surface area (Å²) in [5.74, 6) is -0.210. The van der Waals surface area contributed by atoms with Gasteiger partial charge in [-0.05, 0) is 36.4 Å². The van der Waals surface area contributed by atoms with Crippen LogP contribution in [0.15, 0.2) is 59.3 Å². The molecular formula is C17H14BrClN4O. The van der Waals surface area contributed by atoms with Crippen LogP contribution in [0, 0.1) is 0 Å². The summed E-state index contributed by atoms with van der Waals surface area (Å²) >= 11 is 9.39. The molecule has 24 heavy (non-hydrogen) atoms. The Morgan fingerprint density at radius 2 is 2.08 bits per heavy atom. The molecule has 0 fully saturated rings. The molecule has 0 atom stereocenters. The smallest absolute Gasteiger partial charge is 0.252 e. The fourth-order valence-corrected chi connectivity index (χ4v) is 2.75. The maximum atomic E-state index is 12.2. The molecular weight excluding hydrogens is 392 g/mol. The van der Waals surface area contributed by atoms with Gasteiger partial charge in [0.1, 0.15) is 5.69 Å². The van der Waals surface area contributed by atoms with E-state index in [9.17, 15) is 4.79 Å². The van der Waals surface area contributed by atoms with Gasteiger partial charge in [0.05, 0.1) is 22.8 Å². The zero-order chi connectivity index (χ0) is 16.9. The standard InChI is InChI=1S/C17H14BrClN4O/c18-12-4-5-14(19)13(11-12)17(24)21-8-10-23-9-6-16(22-23)15-3-1-2-7-20-15/h1-7,9,11H,8,10H2,(H,21,24). The number of rotatable bonds is 5. The van der Waals surface area contributed by atoms with E-state index in [0.29, 0.717) is 23.7 Å². The van der Waals surface area contributed by atoms with Crippen LogP contribution in [0.5, 0.6) is 0 Å². The van der Waals surface area contributed by atoms with Crippen molar-refractivity contribution in [3.05, 3.63) is 69.9 Å². The highest BCUT2D eigenvalue weighted by Crippen LogP contribution is 2.20. The highest BCUT2D eigenvalue weighted by molar-refractivity contribution is 9.10. The second kappa shape index (κ2) is 7.59. The molecule has 2 heterocycles. The first kappa shape index (κ1) is 16.7. The summed E-state index contributed by atoms with van der Waals surface area (Å²) in [6, 6.07) is 12.8. The summed E-state index contributed by atoms with van der Waals surface area (Å²) in [6.45, 7) is 1.01. The van der Waals surface area contributed by atoms with E-state index >= 15 is 0 Å². The van der Waals surface area contributed by atoms with Gasteiger partial charge in [-0.1, -0.05) is 33.6 Å². The number of aromatic nitrogens is 3. The summed E-state index contributed by atoms with van der Waals surface area (Å²) in [5, 5.41) is 7.72. The summed E-state index contributed by atoms with van der Waals surface area (Å²) in [7, 11) is 0. The molecule has 1 amide bonds. The predicted octanol–water partition coefficient (Wildman–Crippen LogP) is 3.79. The highest BCUT2D eigenvalue weighted by Gasteiger charge is 2.10. The van der Waals surface area contributed by atoms with E-state index in [4.69, 9.17) is 11.6 Å². The lowest BCUT2D eigenvalue weighted by Crippen LogP contribution is -2.27. The molecule has 5 nitrogen and oxygen atoms in total. The molecule has 0 saturated carbocycles. The molecule has 1 N–H and O–H groups in total. The van der Waals surface area contributed by atoms with Gasteiger partial charge in [0.25, 0.3) is 5.91 Å². The molecule has 2 aromatic heterocycles. The average molecular weight is 406 g/mol. The number of hydrogen-bond acceptors (Lipinski definition) is 3. The molecule has 0 aliphatic carbocycles. The Labute approximate surface area is 152 Å². The Bertz CT molecular complexity index is 851. The second-order valence-corrected chi connectivity index (χ2v) is 6.38. The fourth-order valence-electron chi connectivity index (χ4n) is 2.19. The molecule has 0 radical (unpaired) electrons. The van der Waals surface area contributed by atoms with Crippen molar-refractivity contribution >= 4 is 33.4 Å². The fraction of sp³-hybridized carbons (Fsp3) is 0.118. The van der Waals surface area contributed by atoms with Crippen LogP contribution in [0.4, 0.5) is 0 Å². The minimum Gasteiger partial charge on any atom is -0.350 e. The zero-order valence-electron chi connectivity index (χ0n) is 12.6. The number of nitrogens with zero attached hydrogens (tertiary/aromatic N) is 3. The molecule has 0 aliphatic rings. The van der Waals surface area contributed by atoms with Crippen molar-refractivity contribution in [1.29, 1.82) is 0 Å². The van der Waals surface area contributed by atoms with Crippen molar-refractivity contribution in [2.75, 3.05) is 6.54 Å². The zero-order valence-corrected chi connectivity index (χ0v) is 15.0. The summed E-state index contributed by atoms with van der Waals surface area (Å²) < 4.78 is 2.58. The van der Waals surface area contributed by atoms with Crippen molar-refractivity contribution in [2.45, 2.75) is 6.54 Å². The van der Waals surface area contributed by atoms with E-state index < -0.39 is 0 Å². The summed E-state index contributed by atoms with van der Waals surface area (Å²) in [4.78, 5) is 16.4. The minimum atomic E-state index is -0.210. The van der Waals surface area contributed by atoms with Crippen LogP contribution in [0.3, 0.4) is 0 Å². The number of hydrogen-bond donors (Lipinski definition) is 1. The maximum absolute atomic E-state index is 12.2. The molecule has 0 spiro atoms. The quantitative estimate of drug-likeness (QED) is 0.702. The number of benzene rings is 1. The molecule has 7 heteroatoms. The molecule has 122 valence electrons. The topological polar surface area (TPSA) is 59.8 Å². The van der Waals surface area contributed by atoms with Crippen LogP contribution in [0.25, 0.3) is 11.4 Å². The van der Waals surface area contributed by atoms with E-state index in [-0.39, 0.29) is 5.91 Å².